The summed E-state index contributed by atoms with van der Waals surface area (Å²) >= 11 is 5.87. The molecule has 0 spiro atoms. The van der Waals surface area contributed by atoms with Gasteiger partial charge in [0, 0.05) is 25.2 Å². The number of likely N-dealkylation sites (N-methyl/N-ethyl adjacent to an activating group) is 1. The molecule has 116 valence electrons. The number of nitrogens with one attached hydrogen (secondary N) is 1. The normalized spacial score (nSPS) is 13.8. The smallest absolute Gasteiger partial charge is 0.270 e. The van der Waals surface area contributed by atoms with E-state index in [1.807, 2.05) is 14.1 Å². The molecule has 0 heterocycles. The number of nitrogens with zero attached hydrogens (tertiary/aromatic N) is 2. The molecule has 0 aliphatic rings. The van der Waals surface area contributed by atoms with Crippen molar-refractivity contribution in [3.05, 3.63) is 38.9 Å². The van der Waals surface area contributed by atoms with E-state index in [0.717, 1.165) is 6.07 Å². The number of non-ortho nitro benzene ring substituents is 1. The molecule has 2 N–H and O–H groups in total. The number of hydrogen-bond acceptors (Lipinski definition) is 5. The molecule has 1 unspecified atom stereocenters. The third-order valence-electron chi connectivity index (χ3n) is 2.69. The van der Waals surface area contributed by atoms with Crippen molar-refractivity contribution in [3.63, 3.8) is 0 Å². The van der Waals surface area contributed by atoms with Gasteiger partial charge in [-0.15, -0.1) is 0 Å². The zero-order valence-electron chi connectivity index (χ0n) is 12.1. The van der Waals surface area contributed by atoms with Crippen LogP contribution in [0.15, 0.2) is 18.2 Å². The molecule has 0 saturated carbocycles. The van der Waals surface area contributed by atoms with Gasteiger partial charge in [0.2, 0.25) is 0 Å². The molecule has 1 rings (SSSR count). The number of nitro groups is 1. The van der Waals surface area contributed by atoms with Crippen molar-refractivity contribution in [1.82, 2.24) is 10.2 Å². The Morgan fingerprint density at radius 1 is 1.52 bits per heavy atom. The van der Waals surface area contributed by atoms with Crippen molar-refractivity contribution in [2.45, 2.75) is 12.5 Å². The summed E-state index contributed by atoms with van der Waals surface area (Å²) in [6.07, 6.45) is 0. The van der Waals surface area contributed by atoms with Crippen molar-refractivity contribution in [1.29, 1.82) is 0 Å². The summed E-state index contributed by atoms with van der Waals surface area (Å²) in [5, 5.41) is 23.2. The fourth-order valence-corrected chi connectivity index (χ4v) is 2.17. The molecule has 0 radical (unpaired) electrons. The molecule has 21 heavy (non-hydrogen) atoms. The van der Waals surface area contributed by atoms with E-state index in [9.17, 15) is 20.0 Å². The second-order valence-corrected chi connectivity index (χ2v) is 5.75. The fraction of sp³-hybridized carbons (Fsp3) is 0.462. The Balaban J connectivity index is 2.74. The van der Waals surface area contributed by atoms with E-state index in [-0.39, 0.29) is 22.8 Å². The summed E-state index contributed by atoms with van der Waals surface area (Å²) in [5.41, 5.74) is -1.15. The average molecular weight is 316 g/mol. The van der Waals surface area contributed by atoms with Gasteiger partial charge in [0.15, 0.2) is 0 Å². The van der Waals surface area contributed by atoms with E-state index in [1.165, 1.54) is 12.1 Å². The minimum Gasteiger partial charge on any atom is -0.387 e. The number of rotatable bonds is 6. The minimum absolute atomic E-state index is 0.00560. The molecule has 0 bridgehead atoms. The van der Waals surface area contributed by atoms with E-state index in [2.05, 4.69) is 5.32 Å². The lowest BCUT2D eigenvalue weighted by atomic mass is 10.1. The van der Waals surface area contributed by atoms with Crippen LogP contribution in [-0.2, 0) is 0 Å². The molecule has 0 aromatic heterocycles. The monoisotopic (exact) mass is 315 g/mol. The predicted molar refractivity (Wildman–Crippen MR) is 79.6 cm³/mol. The number of hydrogen-bond donors (Lipinski definition) is 2. The van der Waals surface area contributed by atoms with Crippen LogP contribution in [0.1, 0.15) is 17.3 Å². The lowest BCUT2D eigenvalue weighted by Gasteiger charge is -2.27. The Bertz CT molecular complexity index is 546. The van der Waals surface area contributed by atoms with Gasteiger partial charge in [-0.2, -0.15) is 0 Å². The first-order chi connectivity index (χ1) is 9.62. The van der Waals surface area contributed by atoms with Crippen LogP contribution in [0.2, 0.25) is 5.02 Å². The standard InChI is InChI=1S/C13H18ClN3O4/c1-13(19,8-16(2)3)7-15-12(18)10-5-4-9(17(20)21)6-11(10)14/h4-6,19H,7-8H2,1-3H3,(H,15,18). The zero-order valence-corrected chi connectivity index (χ0v) is 12.8. The van der Waals surface area contributed by atoms with Gasteiger partial charge in [0.1, 0.15) is 0 Å². The van der Waals surface area contributed by atoms with Crippen molar-refractivity contribution < 1.29 is 14.8 Å². The van der Waals surface area contributed by atoms with E-state index in [4.69, 9.17) is 11.6 Å². The molecule has 1 amide bonds. The van der Waals surface area contributed by atoms with Crippen LogP contribution >= 0.6 is 11.6 Å². The summed E-state index contributed by atoms with van der Waals surface area (Å²) in [6.45, 7) is 2.02. The van der Waals surface area contributed by atoms with Crippen molar-refractivity contribution in [3.8, 4) is 0 Å². The predicted octanol–water partition coefficient (Wildman–Crippen LogP) is 1.29. The molecule has 0 saturated heterocycles. The van der Waals surface area contributed by atoms with Gasteiger partial charge >= 0.3 is 0 Å². The highest BCUT2D eigenvalue weighted by atomic mass is 35.5. The van der Waals surface area contributed by atoms with E-state index in [1.54, 1.807) is 11.8 Å². The molecule has 1 aromatic rings. The second-order valence-electron chi connectivity index (χ2n) is 5.34. The maximum absolute atomic E-state index is 12.0. The quantitative estimate of drug-likeness (QED) is 0.609. The molecule has 7 nitrogen and oxygen atoms in total. The van der Waals surface area contributed by atoms with Crippen LogP contribution in [0.5, 0.6) is 0 Å². The number of carbonyl (C=O) groups is 1. The summed E-state index contributed by atoms with van der Waals surface area (Å²) in [4.78, 5) is 23.8. The van der Waals surface area contributed by atoms with Crippen LogP contribution in [0.3, 0.4) is 0 Å². The summed E-state index contributed by atoms with van der Waals surface area (Å²) in [7, 11) is 3.62. The summed E-state index contributed by atoms with van der Waals surface area (Å²) in [5.74, 6) is -0.492. The fourth-order valence-electron chi connectivity index (χ4n) is 1.90. The Morgan fingerprint density at radius 2 is 2.14 bits per heavy atom. The molecular weight excluding hydrogens is 298 g/mol. The molecule has 0 aliphatic carbocycles. The number of carbonyl (C=O) groups excluding carboxylic acids is 1. The number of nitro benzene ring substituents is 1. The van der Waals surface area contributed by atoms with Crippen LogP contribution in [0.4, 0.5) is 5.69 Å². The van der Waals surface area contributed by atoms with E-state index >= 15 is 0 Å². The van der Waals surface area contributed by atoms with Crippen molar-refractivity contribution in [2.24, 2.45) is 0 Å². The third-order valence-corrected chi connectivity index (χ3v) is 3.01. The summed E-state index contributed by atoms with van der Waals surface area (Å²) in [6, 6.07) is 3.61. The first-order valence-corrected chi connectivity index (χ1v) is 6.59. The van der Waals surface area contributed by atoms with Gasteiger partial charge < -0.3 is 15.3 Å². The lowest BCUT2D eigenvalue weighted by molar-refractivity contribution is -0.384. The number of aliphatic hydroxyl groups is 1. The number of benzene rings is 1. The lowest BCUT2D eigenvalue weighted by Crippen LogP contribution is -2.47. The first-order valence-electron chi connectivity index (χ1n) is 6.21. The maximum atomic E-state index is 12.0. The summed E-state index contributed by atoms with van der Waals surface area (Å²) < 4.78 is 0. The van der Waals surface area contributed by atoms with E-state index < -0.39 is 16.4 Å². The SMILES string of the molecule is CN(C)CC(C)(O)CNC(=O)c1ccc([N+](=O)[O-])cc1Cl. The van der Waals surface area contributed by atoms with Crippen molar-refractivity contribution >= 4 is 23.2 Å². The van der Waals surface area contributed by atoms with Gasteiger partial charge in [-0.25, -0.2) is 0 Å². The minimum atomic E-state index is -1.09. The van der Waals surface area contributed by atoms with Crippen LogP contribution in [-0.4, -0.2) is 53.6 Å². The average Bonchev–Trinajstić information content (AvgIpc) is 2.34. The molecule has 8 heteroatoms. The van der Waals surface area contributed by atoms with Gasteiger partial charge in [0.05, 0.1) is 21.1 Å². The van der Waals surface area contributed by atoms with Gasteiger partial charge in [0.25, 0.3) is 11.6 Å². The van der Waals surface area contributed by atoms with Crippen LogP contribution in [0.25, 0.3) is 0 Å². The highest BCUT2D eigenvalue weighted by Gasteiger charge is 2.23. The highest BCUT2D eigenvalue weighted by molar-refractivity contribution is 6.34. The Morgan fingerprint density at radius 3 is 2.62 bits per heavy atom. The van der Waals surface area contributed by atoms with Crippen LogP contribution in [0, 0.1) is 10.1 Å². The Hall–Kier alpha value is -1.70. The molecule has 1 atom stereocenters. The van der Waals surface area contributed by atoms with E-state index in [0.29, 0.717) is 6.54 Å². The number of amides is 1. The van der Waals surface area contributed by atoms with Gasteiger partial charge in [-0.1, -0.05) is 11.6 Å². The molecule has 0 aliphatic heterocycles. The van der Waals surface area contributed by atoms with Gasteiger partial charge in [-0.3, -0.25) is 14.9 Å². The molecule has 0 fully saturated rings. The largest absolute Gasteiger partial charge is 0.387 e. The third kappa shape index (κ3) is 5.30. The zero-order chi connectivity index (χ0) is 16.2. The Kier molecular flexibility index (Phi) is 5.65. The molecule has 1 aromatic carbocycles. The Labute approximate surface area is 127 Å². The van der Waals surface area contributed by atoms with Gasteiger partial charge in [-0.05, 0) is 27.1 Å². The van der Waals surface area contributed by atoms with Crippen molar-refractivity contribution in [2.75, 3.05) is 27.2 Å². The second kappa shape index (κ2) is 6.84. The maximum Gasteiger partial charge on any atom is 0.270 e. The first kappa shape index (κ1) is 17.4. The molecular formula is C13H18ClN3O4. The topological polar surface area (TPSA) is 95.7 Å². The number of halogens is 1. The van der Waals surface area contributed by atoms with Crippen LogP contribution < -0.4 is 5.32 Å². The highest BCUT2D eigenvalue weighted by Crippen LogP contribution is 2.22.